The number of aromatic nitrogens is 2. The van der Waals surface area contributed by atoms with E-state index < -0.39 is 0 Å². The van der Waals surface area contributed by atoms with Gasteiger partial charge in [0.05, 0.1) is 10.9 Å². The Balaban J connectivity index is 1.76. The number of rotatable bonds is 4. The quantitative estimate of drug-likeness (QED) is 0.929. The minimum atomic E-state index is -0.134. The zero-order valence-corrected chi connectivity index (χ0v) is 15.5. The summed E-state index contributed by atoms with van der Waals surface area (Å²) in [4.78, 5) is 20.5. The minimum absolute atomic E-state index is 0.0474. The molecular weight excluding hydrogens is 312 g/mol. The molecule has 5 heteroatoms. The molecule has 0 bridgehead atoms. The molecule has 0 amide bonds. The van der Waals surface area contributed by atoms with Crippen molar-refractivity contribution in [2.75, 3.05) is 19.6 Å². The lowest BCUT2D eigenvalue weighted by Crippen LogP contribution is -2.27. The minimum Gasteiger partial charge on any atom is -0.324 e. The van der Waals surface area contributed by atoms with Crippen LogP contribution in [-0.4, -0.2) is 34.1 Å². The molecule has 1 aliphatic carbocycles. The molecule has 1 aromatic carbocycles. The summed E-state index contributed by atoms with van der Waals surface area (Å²) in [5.74, 6) is 2.16. The SMILES string of the molecule is Cc1cc([C@@H](C)N)c2nc(C3CCN(CC4CC4)C3)n(C)c(=O)c2c1. The number of hydrogen-bond acceptors (Lipinski definition) is 4. The van der Waals surface area contributed by atoms with Crippen molar-refractivity contribution in [3.63, 3.8) is 0 Å². The van der Waals surface area contributed by atoms with E-state index in [-0.39, 0.29) is 11.6 Å². The van der Waals surface area contributed by atoms with Gasteiger partial charge in [0.1, 0.15) is 5.82 Å². The molecule has 1 saturated carbocycles. The highest BCUT2D eigenvalue weighted by Gasteiger charge is 2.31. The highest BCUT2D eigenvalue weighted by molar-refractivity contribution is 5.82. The Morgan fingerprint density at radius 1 is 1.32 bits per heavy atom. The number of likely N-dealkylation sites (tertiary alicyclic amines) is 1. The van der Waals surface area contributed by atoms with Gasteiger partial charge in [0.25, 0.3) is 5.56 Å². The van der Waals surface area contributed by atoms with Crippen molar-refractivity contribution in [3.8, 4) is 0 Å². The normalized spacial score (nSPS) is 22.6. The zero-order valence-electron chi connectivity index (χ0n) is 15.5. The van der Waals surface area contributed by atoms with Crippen LogP contribution in [0.4, 0.5) is 0 Å². The van der Waals surface area contributed by atoms with Crippen LogP contribution in [0, 0.1) is 12.8 Å². The Kier molecular flexibility index (Phi) is 4.16. The molecule has 0 spiro atoms. The second-order valence-corrected chi connectivity index (χ2v) is 8.06. The molecule has 2 fully saturated rings. The molecular formula is C20H28N4O. The Hall–Kier alpha value is -1.72. The number of hydrogen-bond donors (Lipinski definition) is 1. The van der Waals surface area contributed by atoms with Gasteiger partial charge in [0.15, 0.2) is 0 Å². The molecule has 2 N–H and O–H groups in total. The summed E-state index contributed by atoms with van der Waals surface area (Å²) >= 11 is 0. The summed E-state index contributed by atoms with van der Waals surface area (Å²) in [5.41, 5.74) is 9.04. The first kappa shape index (κ1) is 16.7. The van der Waals surface area contributed by atoms with E-state index in [9.17, 15) is 4.79 Å². The van der Waals surface area contributed by atoms with Gasteiger partial charge in [0.2, 0.25) is 0 Å². The largest absolute Gasteiger partial charge is 0.324 e. The second kappa shape index (κ2) is 6.22. The van der Waals surface area contributed by atoms with E-state index >= 15 is 0 Å². The maximum atomic E-state index is 13.0. The first-order valence-corrected chi connectivity index (χ1v) is 9.43. The molecule has 0 radical (unpaired) electrons. The first-order chi connectivity index (χ1) is 11.9. The van der Waals surface area contributed by atoms with Gasteiger partial charge < -0.3 is 10.6 Å². The Bertz CT molecular complexity index is 866. The van der Waals surface area contributed by atoms with Gasteiger partial charge in [-0.1, -0.05) is 6.07 Å². The number of nitrogens with two attached hydrogens (primary N) is 1. The van der Waals surface area contributed by atoms with Crippen LogP contribution in [-0.2, 0) is 7.05 Å². The summed E-state index contributed by atoms with van der Waals surface area (Å²) in [5, 5.41) is 0.686. The van der Waals surface area contributed by atoms with Crippen LogP contribution < -0.4 is 11.3 Å². The fourth-order valence-corrected chi connectivity index (χ4v) is 4.16. The molecule has 2 aromatic rings. The van der Waals surface area contributed by atoms with E-state index in [2.05, 4.69) is 11.0 Å². The summed E-state index contributed by atoms with van der Waals surface area (Å²) < 4.78 is 1.76. The van der Waals surface area contributed by atoms with Crippen LogP contribution in [0.2, 0.25) is 0 Å². The monoisotopic (exact) mass is 340 g/mol. The lowest BCUT2D eigenvalue weighted by molar-refractivity contribution is 0.318. The van der Waals surface area contributed by atoms with Gasteiger partial charge in [-0.25, -0.2) is 4.98 Å². The fourth-order valence-electron chi connectivity index (χ4n) is 4.16. The van der Waals surface area contributed by atoms with Gasteiger partial charge >= 0.3 is 0 Å². The van der Waals surface area contributed by atoms with Crippen molar-refractivity contribution in [1.82, 2.24) is 14.5 Å². The predicted molar refractivity (Wildman–Crippen MR) is 101 cm³/mol. The van der Waals surface area contributed by atoms with Crippen LogP contribution in [0.15, 0.2) is 16.9 Å². The molecule has 2 atom stereocenters. The van der Waals surface area contributed by atoms with Crippen molar-refractivity contribution in [3.05, 3.63) is 39.4 Å². The average molecular weight is 340 g/mol. The number of aryl methyl sites for hydroxylation is 1. The van der Waals surface area contributed by atoms with Gasteiger partial charge in [-0.15, -0.1) is 0 Å². The summed E-state index contributed by atoms with van der Waals surface area (Å²) in [6.45, 7) is 7.30. The van der Waals surface area contributed by atoms with E-state index in [4.69, 9.17) is 10.7 Å². The van der Waals surface area contributed by atoms with Gasteiger partial charge in [-0.3, -0.25) is 9.36 Å². The number of fused-ring (bicyclic) bond motifs is 1. The van der Waals surface area contributed by atoms with Crippen LogP contribution in [0.3, 0.4) is 0 Å². The topological polar surface area (TPSA) is 64.2 Å². The lowest BCUT2D eigenvalue weighted by atomic mass is 10.0. The van der Waals surface area contributed by atoms with E-state index in [1.54, 1.807) is 4.57 Å². The third-order valence-corrected chi connectivity index (χ3v) is 5.73. The van der Waals surface area contributed by atoms with Crippen LogP contribution in [0.5, 0.6) is 0 Å². The van der Waals surface area contributed by atoms with Gasteiger partial charge in [-0.2, -0.15) is 0 Å². The Morgan fingerprint density at radius 3 is 2.76 bits per heavy atom. The van der Waals surface area contributed by atoms with E-state index in [1.165, 1.54) is 19.4 Å². The standard InChI is InChI=1S/C20H28N4O/c1-12-8-16(13(2)21)18-17(9-12)20(25)23(3)19(22-18)15-6-7-24(11-15)10-14-4-5-14/h8-9,13-15H,4-7,10-11,21H2,1-3H3/t13-,15?/m1/s1. The molecule has 5 nitrogen and oxygen atoms in total. The fraction of sp³-hybridized carbons (Fsp3) is 0.600. The highest BCUT2D eigenvalue weighted by Crippen LogP contribution is 2.34. The third kappa shape index (κ3) is 3.11. The number of nitrogens with zero attached hydrogens (tertiary/aromatic N) is 3. The molecule has 134 valence electrons. The van der Waals surface area contributed by atoms with Crippen LogP contribution >= 0.6 is 0 Å². The maximum Gasteiger partial charge on any atom is 0.261 e. The lowest BCUT2D eigenvalue weighted by Gasteiger charge is -2.19. The summed E-state index contributed by atoms with van der Waals surface area (Å²) in [7, 11) is 1.86. The average Bonchev–Trinajstić information content (AvgIpc) is 3.26. The molecule has 1 aromatic heterocycles. The summed E-state index contributed by atoms with van der Waals surface area (Å²) in [6.07, 6.45) is 3.84. The molecule has 4 rings (SSSR count). The molecule has 1 unspecified atom stereocenters. The van der Waals surface area contributed by atoms with Crippen molar-refractivity contribution in [1.29, 1.82) is 0 Å². The Morgan fingerprint density at radius 2 is 2.08 bits per heavy atom. The third-order valence-electron chi connectivity index (χ3n) is 5.73. The predicted octanol–water partition coefficient (Wildman–Crippen LogP) is 2.46. The van der Waals surface area contributed by atoms with Gasteiger partial charge in [0, 0.05) is 32.1 Å². The van der Waals surface area contributed by atoms with Crippen molar-refractivity contribution in [2.45, 2.75) is 45.1 Å². The van der Waals surface area contributed by atoms with Crippen molar-refractivity contribution >= 4 is 10.9 Å². The second-order valence-electron chi connectivity index (χ2n) is 8.06. The van der Waals surface area contributed by atoms with Crippen molar-refractivity contribution < 1.29 is 0 Å². The maximum absolute atomic E-state index is 13.0. The summed E-state index contributed by atoms with van der Waals surface area (Å²) in [6, 6.07) is 3.87. The van der Waals surface area contributed by atoms with E-state index in [0.717, 1.165) is 47.9 Å². The molecule has 2 aliphatic rings. The molecule has 1 aliphatic heterocycles. The van der Waals surface area contributed by atoms with E-state index in [1.807, 2.05) is 27.0 Å². The van der Waals surface area contributed by atoms with Gasteiger partial charge in [-0.05, 0) is 62.8 Å². The molecule has 2 heterocycles. The smallest absolute Gasteiger partial charge is 0.261 e. The number of benzene rings is 1. The van der Waals surface area contributed by atoms with Crippen LogP contribution in [0.1, 0.15) is 55.1 Å². The molecule has 25 heavy (non-hydrogen) atoms. The zero-order chi connectivity index (χ0) is 17.7. The highest BCUT2D eigenvalue weighted by atomic mass is 16.1. The molecule has 1 saturated heterocycles. The van der Waals surface area contributed by atoms with Crippen molar-refractivity contribution in [2.24, 2.45) is 18.7 Å². The first-order valence-electron chi connectivity index (χ1n) is 9.43. The van der Waals surface area contributed by atoms with Crippen LogP contribution in [0.25, 0.3) is 10.9 Å². The van der Waals surface area contributed by atoms with E-state index in [0.29, 0.717) is 11.3 Å². The Labute approximate surface area is 148 Å².